The average molecular weight is 297 g/mol. The van der Waals surface area contributed by atoms with Crippen LogP contribution in [0.3, 0.4) is 0 Å². The van der Waals surface area contributed by atoms with Crippen molar-refractivity contribution in [2.75, 3.05) is 0 Å². The van der Waals surface area contributed by atoms with E-state index >= 15 is 0 Å². The van der Waals surface area contributed by atoms with Gasteiger partial charge in [0.05, 0.1) is 12.4 Å². The Bertz CT molecular complexity index is 699. The van der Waals surface area contributed by atoms with E-state index in [0.29, 0.717) is 0 Å². The van der Waals surface area contributed by atoms with E-state index in [2.05, 4.69) is 14.9 Å². The molecule has 0 radical (unpaired) electrons. The van der Waals surface area contributed by atoms with Gasteiger partial charge < -0.3 is 0 Å². The topological polar surface area (TPSA) is 81.8 Å². The van der Waals surface area contributed by atoms with Crippen LogP contribution in [0.4, 0.5) is 0 Å². The van der Waals surface area contributed by atoms with Crippen LogP contribution in [0.15, 0.2) is 23.5 Å². The van der Waals surface area contributed by atoms with Gasteiger partial charge in [-0.3, -0.25) is 9.36 Å². The van der Waals surface area contributed by atoms with Gasteiger partial charge in [-0.2, -0.15) is 10.2 Å². The lowest BCUT2D eigenvalue weighted by atomic mass is 10.3. The number of sulfonamides is 1. The Hall–Kier alpha value is -1.67. The summed E-state index contributed by atoms with van der Waals surface area (Å²) < 4.78 is 30.2. The normalized spacial score (nSPS) is 12.2. The third kappa shape index (κ3) is 2.91. The van der Waals surface area contributed by atoms with Gasteiger partial charge in [-0.15, -0.1) is 0 Å². The van der Waals surface area contributed by atoms with Crippen molar-refractivity contribution in [1.82, 2.24) is 24.3 Å². The molecule has 0 unspecified atom stereocenters. The molecule has 0 amide bonds. The first-order valence-corrected chi connectivity index (χ1v) is 7.81. The maximum absolute atomic E-state index is 12.2. The zero-order valence-corrected chi connectivity index (χ0v) is 12.8. The third-order valence-electron chi connectivity index (χ3n) is 3.21. The molecule has 0 aliphatic heterocycles. The molecule has 2 rings (SSSR count). The number of nitrogens with one attached hydrogen (secondary N) is 1. The van der Waals surface area contributed by atoms with Crippen LogP contribution in [0.1, 0.15) is 31.1 Å². The number of hydrogen-bond donors (Lipinski definition) is 1. The summed E-state index contributed by atoms with van der Waals surface area (Å²) in [5.41, 5.74) is 1.79. The molecule has 0 saturated heterocycles. The molecular formula is C12H19N5O2S. The zero-order chi connectivity index (χ0) is 14.9. The summed E-state index contributed by atoms with van der Waals surface area (Å²) in [6.45, 7) is 5.99. The van der Waals surface area contributed by atoms with Gasteiger partial charge >= 0.3 is 0 Å². The lowest BCUT2D eigenvalue weighted by Crippen LogP contribution is -2.23. The van der Waals surface area contributed by atoms with Gasteiger partial charge in [-0.05, 0) is 20.8 Å². The molecule has 0 aliphatic rings. The molecule has 0 bridgehead atoms. The number of aryl methyl sites for hydroxylation is 1. The van der Waals surface area contributed by atoms with E-state index in [9.17, 15) is 8.42 Å². The van der Waals surface area contributed by atoms with Crippen LogP contribution < -0.4 is 4.72 Å². The van der Waals surface area contributed by atoms with E-state index in [4.69, 9.17) is 0 Å². The summed E-state index contributed by atoms with van der Waals surface area (Å²) in [5.74, 6) is 0. The Labute approximate surface area is 118 Å². The van der Waals surface area contributed by atoms with Crippen LogP contribution in [0.2, 0.25) is 0 Å². The second-order valence-electron chi connectivity index (χ2n) is 4.95. The molecule has 0 saturated carbocycles. The van der Waals surface area contributed by atoms with Crippen molar-refractivity contribution in [3.05, 3.63) is 29.8 Å². The fraction of sp³-hybridized carbons (Fsp3) is 0.500. The van der Waals surface area contributed by atoms with Crippen LogP contribution >= 0.6 is 0 Å². The number of nitrogens with zero attached hydrogens (tertiary/aromatic N) is 4. The zero-order valence-electron chi connectivity index (χ0n) is 12.0. The van der Waals surface area contributed by atoms with Crippen molar-refractivity contribution in [3.8, 4) is 0 Å². The van der Waals surface area contributed by atoms with Gasteiger partial charge in [0.2, 0.25) is 10.0 Å². The number of rotatable bonds is 5. The lowest BCUT2D eigenvalue weighted by molar-refractivity contribution is 0.531. The summed E-state index contributed by atoms with van der Waals surface area (Å²) in [6, 6.07) is 0.125. The highest BCUT2D eigenvalue weighted by atomic mass is 32.2. The second-order valence-corrected chi connectivity index (χ2v) is 6.72. The van der Waals surface area contributed by atoms with Crippen molar-refractivity contribution in [1.29, 1.82) is 0 Å². The molecular weight excluding hydrogens is 278 g/mol. The van der Waals surface area contributed by atoms with E-state index in [1.54, 1.807) is 15.6 Å². The van der Waals surface area contributed by atoms with Gasteiger partial charge in [-0.1, -0.05) is 0 Å². The second kappa shape index (κ2) is 5.37. The van der Waals surface area contributed by atoms with Crippen molar-refractivity contribution in [3.63, 3.8) is 0 Å². The van der Waals surface area contributed by atoms with Gasteiger partial charge in [0, 0.05) is 37.1 Å². The quantitative estimate of drug-likeness (QED) is 0.892. The van der Waals surface area contributed by atoms with Crippen molar-refractivity contribution >= 4 is 10.0 Å². The molecule has 2 aromatic rings. The van der Waals surface area contributed by atoms with E-state index < -0.39 is 10.0 Å². The molecule has 0 aliphatic carbocycles. The van der Waals surface area contributed by atoms with E-state index in [1.165, 1.54) is 12.4 Å². The predicted octanol–water partition coefficient (Wildman–Crippen LogP) is 0.984. The molecule has 20 heavy (non-hydrogen) atoms. The van der Waals surface area contributed by atoms with Gasteiger partial charge in [0.1, 0.15) is 4.90 Å². The Morgan fingerprint density at radius 1 is 1.30 bits per heavy atom. The molecule has 7 nitrogen and oxygen atoms in total. The molecule has 110 valence electrons. The monoisotopic (exact) mass is 297 g/mol. The average Bonchev–Trinajstić information content (AvgIpc) is 2.97. The predicted molar refractivity (Wildman–Crippen MR) is 74.6 cm³/mol. The van der Waals surface area contributed by atoms with Crippen LogP contribution in [0.5, 0.6) is 0 Å². The molecule has 0 spiro atoms. The summed E-state index contributed by atoms with van der Waals surface area (Å²) >= 11 is 0. The SMILES string of the molecule is Cc1c(CNS(=O)(=O)c2cnn(C(C)C)c2)cnn1C. The summed E-state index contributed by atoms with van der Waals surface area (Å²) in [4.78, 5) is 0.174. The largest absolute Gasteiger partial charge is 0.273 e. The van der Waals surface area contributed by atoms with Crippen LogP contribution in [0, 0.1) is 6.92 Å². The first-order chi connectivity index (χ1) is 9.31. The first kappa shape index (κ1) is 14.7. The number of aromatic nitrogens is 4. The summed E-state index contributed by atoms with van der Waals surface area (Å²) in [6.07, 6.45) is 4.55. The molecule has 2 heterocycles. The molecule has 0 fully saturated rings. The minimum Gasteiger partial charge on any atom is -0.273 e. The fourth-order valence-corrected chi connectivity index (χ4v) is 2.66. The lowest BCUT2D eigenvalue weighted by Gasteiger charge is -2.05. The maximum atomic E-state index is 12.2. The van der Waals surface area contributed by atoms with Gasteiger partial charge in [0.25, 0.3) is 0 Å². The van der Waals surface area contributed by atoms with Gasteiger partial charge in [-0.25, -0.2) is 13.1 Å². The van der Waals surface area contributed by atoms with Gasteiger partial charge in [0.15, 0.2) is 0 Å². The van der Waals surface area contributed by atoms with Crippen molar-refractivity contribution in [2.45, 2.75) is 38.3 Å². The molecule has 0 atom stereocenters. The first-order valence-electron chi connectivity index (χ1n) is 6.32. The Balaban J connectivity index is 2.13. The highest BCUT2D eigenvalue weighted by Crippen LogP contribution is 2.12. The minimum absolute atomic E-state index is 0.125. The molecule has 0 aromatic carbocycles. The molecule has 2 aromatic heterocycles. The van der Waals surface area contributed by atoms with E-state index in [-0.39, 0.29) is 17.5 Å². The van der Waals surface area contributed by atoms with Crippen molar-refractivity contribution in [2.24, 2.45) is 7.05 Å². The Kier molecular flexibility index (Phi) is 3.96. The van der Waals surface area contributed by atoms with E-state index in [1.807, 2.05) is 27.8 Å². The highest BCUT2D eigenvalue weighted by Gasteiger charge is 2.17. The standard InChI is InChI=1S/C12H19N5O2S/c1-9(2)17-8-12(7-14-17)20(18,19)15-6-11-5-13-16(4)10(11)3/h5,7-9,15H,6H2,1-4H3. The van der Waals surface area contributed by atoms with Crippen LogP contribution in [-0.2, 0) is 23.6 Å². The Morgan fingerprint density at radius 2 is 2.00 bits per heavy atom. The molecule has 1 N–H and O–H groups in total. The molecule has 8 heteroatoms. The van der Waals surface area contributed by atoms with Crippen LogP contribution in [0.25, 0.3) is 0 Å². The maximum Gasteiger partial charge on any atom is 0.243 e. The Morgan fingerprint density at radius 3 is 2.50 bits per heavy atom. The smallest absolute Gasteiger partial charge is 0.243 e. The highest BCUT2D eigenvalue weighted by molar-refractivity contribution is 7.89. The fourth-order valence-electron chi connectivity index (χ4n) is 1.72. The minimum atomic E-state index is -3.55. The number of hydrogen-bond acceptors (Lipinski definition) is 4. The third-order valence-corrected chi connectivity index (χ3v) is 4.56. The summed E-state index contributed by atoms with van der Waals surface area (Å²) in [5, 5.41) is 8.12. The van der Waals surface area contributed by atoms with E-state index in [0.717, 1.165) is 11.3 Å². The van der Waals surface area contributed by atoms with Crippen LogP contribution in [-0.4, -0.2) is 28.0 Å². The summed E-state index contributed by atoms with van der Waals surface area (Å²) in [7, 11) is -1.73. The van der Waals surface area contributed by atoms with Crippen molar-refractivity contribution < 1.29 is 8.42 Å².